The van der Waals surface area contributed by atoms with Crippen molar-refractivity contribution in [3.8, 4) is 0 Å². The fourth-order valence-corrected chi connectivity index (χ4v) is 2.89. The van der Waals surface area contributed by atoms with Gasteiger partial charge >= 0.3 is 0 Å². The molecular weight excluding hydrogens is 302 g/mol. The molecule has 1 heterocycles. The van der Waals surface area contributed by atoms with Crippen molar-refractivity contribution in [1.82, 2.24) is 5.32 Å². The van der Waals surface area contributed by atoms with E-state index in [9.17, 15) is 0 Å². The van der Waals surface area contributed by atoms with E-state index in [1.807, 2.05) is 12.1 Å². The molecule has 1 saturated heterocycles. The van der Waals surface area contributed by atoms with E-state index >= 15 is 0 Å². The lowest BCUT2D eigenvalue weighted by molar-refractivity contribution is 0.184. The Morgan fingerprint density at radius 2 is 2.41 bits per heavy atom. The van der Waals surface area contributed by atoms with E-state index in [-0.39, 0.29) is 6.04 Å². The summed E-state index contributed by atoms with van der Waals surface area (Å²) in [6.07, 6.45) is 1.16. The van der Waals surface area contributed by atoms with E-state index in [1.54, 1.807) is 0 Å². The van der Waals surface area contributed by atoms with Crippen LogP contribution in [0.2, 0.25) is 5.02 Å². The van der Waals surface area contributed by atoms with Gasteiger partial charge < -0.3 is 10.1 Å². The summed E-state index contributed by atoms with van der Waals surface area (Å²) in [5.41, 5.74) is 1.15. The Labute approximate surface area is 116 Å². The maximum Gasteiger partial charge on any atom is 0.0507 e. The average molecular weight is 319 g/mol. The number of halogens is 2. The molecule has 0 aliphatic carbocycles. The zero-order valence-electron chi connectivity index (χ0n) is 9.88. The molecule has 4 heteroatoms. The van der Waals surface area contributed by atoms with Crippen LogP contribution < -0.4 is 5.32 Å². The minimum atomic E-state index is 0.274. The Bertz CT molecular complexity index is 380. The lowest BCUT2D eigenvalue weighted by atomic mass is 10.1. The fourth-order valence-electron chi connectivity index (χ4n) is 2.05. The Hall–Kier alpha value is -0.0900. The van der Waals surface area contributed by atoms with Crippen molar-refractivity contribution in [3.63, 3.8) is 0 Å². The van der Waals surface area contributed by atoms with E-state index in [4.69, 9.17) is 16.3 Å². The second-order valence-corrected chi connectivity index (χ2v) is 5.85. The molecule has 1 aromatic rings. The summed E-state index contributed by atoms with van der Waals surface area (Å²) in [7, 11) is 0. The van der Waals surface area contributed by atoms with Crippen LogP contribution in [0, 0.1) is 5.92 Å². The minimum absolute atomic E-state index is 0.274. The van der Waals surface area contributed by atoms with Crippen molar-refractivity contribution >= 4 is 27.5 Å². The molecule has 0 amide bonds. The van der Waals surface area contributed by atoms with Gasteiger partial charge in [-0.05, 0) is 37.0 Å². The highest BCUT2D eigenvalue weighted by molar-refractivity contribution is 9.10. The van der Waals surface area contributed by atoms with Crippen LogP contribution >= 0.6 is 27.5 Å². The van der Waals surface area contributed by atoms with Gasteiger partial charge in [-0.3, -0.25) is 0 Å². The first-order valence-electron chi connectivity index (χ1n) is 5.93. The monoisotopic (exact) mass is 317 g/mol. The van der Waals surface area contributed by atoms with Crippen LogP contribution in [0.3, 0.4) is 0 Å². The maximum atomic E-state index is 6.23. The van der Waals surface area contributed by atoms with Gasteiger partial charge in [-0.25, -0.2) is 0 Å². The standard InChI is InChI=1S/C13H17BrClNO/c1-9(16-7-10-4-5-17-8-10)12-3-2-11(14)6-13(12)15/h2-3,6,9-10,16H,4-5,7-8H2,1H3. The molecule has 2 nitrogen and oxygen atoms in total. The zero-order chi connectivity index (χ0) is 12.3. The highest BCUT2D eigenvalue weighted by atomic mass is 79.9. The average Bonchev–Trinajstić information content (AvgIpc) is 2.78. The lowest BCUT2D eigenvalue weighted by Crippen LogP contribution is -2.26. The predicted molar refractivity (Wildman–Crippen MR) is 74.5 cm³/mol. The summed E-state index contributed by atoms with van der Waals surface area (Å²) >= 11 is 9.64. The van der Waals surface area contributed by atoms with E-state index in [1.165, 1.54) is 0 Å². The molecule has 1 aromatic carbocycles. The quantitative estimate of drug-likeness (QED) is 0.912. The molecule has 1 N–H and O–H groups in total. The Balaban J connectivity index is 1.91. The first-order chi connectivity index (χ1) is 8.16. The number of hydrogen-bond donors (Lipinski definition) is 1. The van der Waals surface area contributed by atoms with E-state index in [0.29, 0.717) is 5.92 Å². The minimum Gasteiger partial charge on any atom is -0.381 e. The largest absolute Gasteiger partial charge is 0.381 e. The van der Waals surface area contributed by atoms with E-state index in [2.05, 4.69) is 34.2 Å². The van der Waals surface area contributed by atoms with Gasteiger partial charge in [-0.2, -0.15) is 0 Å². The van der Waals surface area contributed by atoms with Crippen LogP contribution in [-0.4, -0.2) is 19.8 Å². The van der Waals surface area contributed by atoms with Gasteiger partial charge in [-0.1, -0.05) is 33.6 Å². The number of ether oxygens (including phenoxy) is 1. The van der Waals surface area contributed by atoms with Gasteiger partial charge in [0.05, 0.1) is 6.61 Å². The molecule has 2 rings (SSSR count). The first-order valence-corrected chi connectivity index (χ1v) is 7.10. The topological polar surface area (TPSA) is 21.3 Å². The van der Waals surface area contributed by atoms with Gasteiger partial charge in [0.25, 0.3) is 0 Å². The van der Waals surface area contributed by atoms with Gasteiger partial charge in [0.2, 0.25) is 0 Å². The molecule has 0 spiro atoms. The first kappa shape index (κ1) is 13.3. The number of rotatable bonds is 4. The molecule has 0 aromatic heterocycles. The third-order valence-electron chi connectivity index (χ3n) is 3.17. The summed E-state index contributed by atoms with van der Waals surface area (Å²) in [6, 6.07) is 6.30. The molecule has 17 heavy (non-hydrogen) atoms. The highest BCUT2D eigenvalue weighted by Gasteiger charge is 2.17. The van der Waals surface area contributed by atoms with Gasteiger partial charge in [0.15, 0.2) is 0 Å². The van der Waals surface area contributed by atoms with Crippen molar-refractivity contribution in [2.24, 2.45) is 5.92 Å². The third-order valence-corrected chi connectivity index (χ3v) is 3.99. The second kappa shape index (κ2) is 6.19. The highest BCUT2D eigenvalue weighted by Crippen LogP contribution is 2.26. The summed E-state index contributed by atoms with van der Waals surface area (Å²) in [6.45, 7) is 4.92. The van der Waals surface area contributed by atoms with Crippen LogP contribution in [0.15, 0.2) is 22.7 Å². The van der Waals surface area contributed by atoms with Gasteiger partial charge in [0.1, 0.15) is 0 Å². The van der Waals surface area contributed by atoms with E-state index in [0.717, 1.165) is 41.2 Å². The smallest absolute Gasteiger partial charge is 0.0507 e. The Morgan fingerprint density at radius 3 is 3.06 bits per heavy atom. The van der Waals surface area contributed by atoms with Crippen LogP contribution in [0.5, 0.6) is 0 Å². The summed E-state index contributed by atoms with van der Waals surface area (Å²) in [4.78, 5) is 0. The van der Waals surface area contributed by atoms with Crippen LogP contribution in [0.25, 0.3) is 0 Å². The van der Waals surface area contributed by atoms with Crippen molar-refractivity contribution in [1.29, 1.82) is 0 Å². The zero-order valence-corrected chi connectivity index (χ0v) is 12.2. The summed E-state index contributed by atoms with van der Waals surface area (Å²) in [5, 5.41) is 4.33. The van der Waals surface area contributed by atoms with Crippen molar-refractivity contribution in [2.75, 3.05) is 19.8 Å². The number of nitrogens with one attached hydrogen (secondary N) is 1. The van der Waals surface area contributed by atoms with Crippen molar-refractivity contribution < 1.29 is 4.74 Å². The summed E-state index contributed by atoms with van der Waals surface area (Å²) in [5.74, 6) is 0.645. The normalized spacial score (nSPS) is 21.7. The van der Waals surface area contributed by atoms with E-state index < -0.39 is 0 Å². The van der Waals surface area contributed by atoms with Crippen molar-refractivity contribution in [2.45, 2.75) is 19.4 Å². The van der Waals surface area contributed by atoms with Gasteiger partial charge in [-0.15, -0.1) is 0 Å². The number of benzene rings is 1. The van der Waals surface area contributed by atoms with Crippen LogP contribution in [0.4, 0.5) is 0 Å². The molecule has 1 aliphatic heterocycles. The second-order valence-electron chi connectivity index (χ2n) is 4.53. The SMILES string of the molecule is CC(NCC1CCOC1)c1ccc(Br)cc1Cl. The van der Waals surface area contributed by atoms with Crippen molar-refractivity contribution in [3.05, 3.63) is 33.3 Å². The fraction of sp³-hybridized carbons (Fsp3) is 0.538. The molecule has 94 valence electrons. The molecule has 1 fully saturated rings. The van der Waals surface area contributed by atoms with Gasteiger partial charge in [0, 0.05) is 28.7 Å². The molecule has 1 aliphatic rings. The molecule has 0 saturated carbocycles. The molecule has 2 unspecified atom stereocenters. The Morgan fingerprint density at radius 1 is 1.59 bits per heavy atom. The van der Waals surface area contributed by atoms with Crippen LogP contribution in [0.1, 0.15) is 24.9 Å². The Kier molecular flexibility index (Phi) is 4.86. The molecular formula is C13H17BrClNO. The molecule has 2 atom stereocenters. The third kappa shape index (κ3) is 3.68. The maximum absolute atomic E-state index is 6.23. The lowest BCUT2D eigenvalue weighted by Gasteiger charge is -2.18. The van der Waals surface area contributed by atoms with Crippen LogP contribution in [-0.2, 0) is 4.74 Å². The number of hydrogen-bond acceptors (Lipinski definition) is 2. The predicted octanol–water partition coefficient (Wildman–Crippen LogP) is 3.79. The molecule has 0 bridgehead atoms. The molecule has 0 radical (unpaired) electrons. The summed E-state index contributed by atoms with van der Waals surface area (Å²) < 4.78 is 6.38.